The van der Waals surface area contributed by atoms with Gasteiger partial charge in [-0.1, -0.05) is 13.8 Å². The Kier molecular flexibility index (Phi) is 5.06. The molecule has 2 N–H and O–H groups in total. The Morgan fingerprint density at radius 3 is 1.65 bits per heavy atom. The Balaban J connectivity index is 4.78. The molecule has 0 heterocycles. The lowest BCUT2D eigenvalue weighted by Crippen LogP contribution is -2.55. The number of alkyl halides is 3. The third-order valence-electron chi connectivity index (χ3n) is 3.46. The molecule has 17 heavy (non-hydrogen) atoms. The van der Waals surface area contributed by atoms with Gasteiger partial charge in [-0.05, 0) is 33.1 Å². The van der Waals surface area contributed by atoms with E-state index in [0.717, 1.165) is 0 Å². The number of hydrogen-bond acceptors (Lipinski definition) is 2. The van der Waals surface area contributed by atoms with Gasteiger partial charge in [-0.3, -0.25) is 4.90 Å². The van der Waals surface area contributed by atoms with Crippen molar-refractivity contribution in [1.29, 1.82) is 0 Å². The molecule has 0 saturated carbocycles. The van der Waals surface area contributed by atoms with Gasteiger partial charge in [-0.25, -0.2) is 0 Å². The molecule has 0 aromatic rings. The summed E-state index contributed by atoms with van der Waals surface area (Å²) in [7, 11) is 0. The van der Waals surface area contributed by atoms with Crippen LogP contribution in [0.3, 0.4) is 0 Å². The highest BCUT2D eigenvalue weighted by molar-refractivity contribution is 4.93. The number of nitrogens with zero attached hydrogens (tertiary/aromatic N) is 1. The van der Waals surface area contributed by atoms with Gasteiger partial charge in [0.05, 0.1) is 6.54 Å². The van der Waals surface area contributed by atoms with Crippen molar-refractivity contribution in [2.24, 2.45) is 11.1 Å². The normalized spacial score (nSPS) is 14.8. The summed E-state index contributed by atoms with van der Waals surface area (Å²) in [6.07, 6.45) is -4.17. The summed E-state index contributed by atoms with van der Waals surface area (Å²) in [6.45, 7) is 10.5. The zero-order chi connectivity index (χ0) is 14.1. The van der Waals surface area contributed by atoms with E-state index in [1.165, 1.54) is 4.90 Å². The first kappa shape index (κ1) is 16.7. The maximum absolute atomic E-state index is 12.5. The monoisotopic (exact) mass is 254 g/mol. The summed E-state index contributed by atoms with van der Waals surface area (Å²) in [5.74, 6) is 0. The molecule has 0 fully saturated rings. The van der Waals surface area contributed by atoms with Gasteiger partial charge in [0.1, 0.15) is 0 Å². The number of rotatable bonds is 5. The lowest BCUT2D eigenvalue weighted by atomic mass is 9.74. The lowest BCUT2D eigenvalue weighted by molar-refractivity contribution is -0.153. The van der Waals surface area contributed by atoms with Crippen molar-refractivity contribution >= 4 is 0 Å². The van der Waals surface area contributed by atoms with Gasteiger partial charge in [-0.15, -0.1) is 0 Å². The molecule has 2 nitrogen and oxygen atoms in total. The molecule has 0 aromatic carbocycles. The Morgan fingerprint density at radius 1 is 1.00 bits per heavy atom. The molecule has 0 rings (SSSR count). The quantitative estimate of drug-likeness (QED) is 0.817. The fourth-order valence-corrected chi connectivity index (χ4v) is 1.36. The Labute approximate surface area is 102 Å². The van der Waals surface area contributed by atoms with E-state index in [1.807, 2.05) is 27.7 Å². The van der Waals surface area contributed by atoms with Crippen molar-refractivity contribution in [3.8, 4) is 0 Å². The van der Waals surface area contributed by atoms with E-state index in [2.05, 4.69) is 0 Å². The molecule has 0 aliphatic heterocycles. The fraction of sp³-hybridized carbons (Fsp3) is 1.00. The van der Waals surface area contributed by atoms with Crippen molar-refractivity contribution in [2.75, 3.05) is 13.1 Å². The van der Waals surface area contributed by atoms with Crippen molar-refractivity contribution in [3.05, 3.63) is 0 Å². The van der Waals surface area contributed by atoms with Crippen LogP contribution in [0.2, 0.25) is 0 Å². The highest BCUT2D eigenvalue weighted by Gasteiger charge is 2.39. The maximum atomic E-state index is 12.5. The van der Waals surface area contributed by atoms with E-state index in [1.54, 1.807) is 13.8 Å². The second-order valence-electron chi connectivity index (χ2n) is 6.22. The summed E-state index contributed by atoms with van der Waals surface area (Å²) in [4.78, 5) is 1.43. The molecule has 0 bridgehead atoms. The standard InChI is InChI=1S/C12H25F3N2/c1-9(2)17(8-12(13,14)15)7-10(3,4)11(5,6)16/h9H,7-8,16H2,1-6H3. The summed E-state index contributed by atoms with van der Waals surface area (Å²) in [5, 5.41) is 0. The summed E-state index contributed by atoms with van der Waals surface area (Å²) >= 11 is 0. The van der Waals surface area contributed by atoms with Crippen LogP contribution >= 0.6 is 0 Å². The molecule has 0 unspecified atom stereocenters. The molecule has 0 radical (unpaired) electrons. The minimum atomic E-state index is -4.17. The van der Waals surface area contributed by atoms with E-state index >= 15 is 0 Å². The van der Waals surface area contributed by atoms with Crippen LogP contribution in [0.4, 0.5) is 13.2 Å². The van der Waals surface area contributed by atoms with Crippen LogP contribution in [0, 0.1) is 5.41 Å². The molecule has 0 aromatic heterocycles. The molecule has 0 aliphatic carbocycles. The van der Waals surface area contributed by atoms with Crippen LogP contribution < -0.4 is 5.73 Å². The van der Waals surface area contributed by atoms with Gasteiger partial charge in [0.2, 0.25) is 0 Å². The molecule has 0 atom stereocenters. The number of nitrogens with two attached hydrogens (primary N) is 1. The van der Waals surface area contributed by atoms with E-state index in [0.29, 0.717) is 6.54 Å². The average Bonchev–Trinajstić information content (AvgIpc) is 1.96. The first-order valence-corrected chi connectivity index (χ1v) is 5.86. The molecule has 0 amide bonds. The van der Waals surface area contributed by atoms with Crippen molar-refractivity contribution in [3.63, 3.8) is 0 Å². The Bertz CT molecular complexity index is 239. The van der Waals surface area contributed by atoms with Crippen molar-refractivity contribution in [2.45, 2.75) is 59.3 Å². The minimum Gasteiger partial charge on any atom is -0.325 e. The molecular weight excluding hydrogens is 229 g/mol. The van der Waals surface area contributed by atoms with Crippen LogP contribution in [-0.2, 0) is 0 Å². The van der Waals surface area contributed by atoms with Crippen molar-refractivity contribution in [1.82, 2.24) is 4.90 Å². The topological polar surface area (TPSA) is 29.3 Å². The molecule has 0 aliphatic rings. The molecule has 104 valence electrons. The van der Waals surface area contributed by atoms with Gasteiger partial charge >= 0.3 is 6.18 Å². The number of hydrogen-bond donors (Lipinski definition) is 1. The first-order valence-electron chi connectivity index (χ1n) is 5.86. The third-order valence-corrected chi connectivity index (χ3v) is 3.46. The zero-order valence-corrected chi connectivity index (χ0v) is 11.7. The summed E-state index contributed by atoms with van der Waals surface area (Å²) in [5.41, 5.74) is 5.11. The van der Waals surface area contributed by atoms with Crippen LogP contribution in [0.1, 0.15) is 41.5 Å². The molecule has 5 heteroatoms. The Hall–Kier alpha value is -0.290. The van der Waals surface area contributed by atoms with E-state index in [-0.39, 0.29) is 11.5 Å². The highest BCUT2D eigenvalue weighted by Crippen LogP contribution is 2.31. The van der Waals surface area contributed by atoms with E-state index in [4.69, 9.17) is 5.73 Å². The Morgan fingerprint density at radius 2 is 1.41 bits per heavy atom. The molecule has 0 saturated heterocycles. The summed E-state index contributed by atoms with van der Waals surface area (Å²) < 4.78 is 37.4. The second kappa shape index (κ2) is 5.14. The molecular formula is C12H25F3N2. The van der Waals surface area contributed by atoms with Crippen LogP contribution in [0.15, 0.2) is 0 Å². The maximum Gasteiger partial charge on any atom is 0.401 e. The highest BCUT2D eigenvalue weighted by atomic mass is 19.4. The van der Waals surface area contributed by atoms with Crippen molar-refractivity contribution < 1.29 is 13.2 Å². The van der Waals surface area contributed by atoms with Crippen LogP contribution in [0.5, 0.6) is 0 Å². The van der Waals surface area contributed by atoms with Gasteiger partial charge < -0.3 is 5.73 Å². The SMILES string of the molecule is CC(C)N(CC(F)(F)F)CC(C)(C)C(C)(C)N. The fourth-order valence-electron chi connectivity index (χ4n) is 1.36. The largest absolute Gasteiger partial charge is 0.401 e. The van der Waals surface area contributed by atoms with Crippen LogP contribution in [0.25, 0.3) is 0 Å². The lowest BCUT2D eigenvalue weighted by Gasteiger charge is -2.43. The minimum absolute atomic E-state index is 0.154. The smallest absolute Gasteiger partial charge is 0.325 e. The van der Waals surface area contributed by atoms with E-state index in [9.17, 15) is 13.2 Å². The molecule has 0 spiro atoms. The van der Waals surface area contributed by atoms with Gasteiger partial charge in [0.25, 0.3) is 0 Å². The second-order valence-corrected chi connectivity index (χ2v) is 6.22. The third kappa shape index (κ3) is 5.73. The van der Waals surface area contributed by atoms with Crippen LogP contribution in [-0.4, -0.2) is 35.7 Å². The van der Waals surface area contributed by atoms with E-state index < -0.39 is 18.3 Å². The average molecular weight is 254 g/mol. The van der Waals surface area contributed by atoms with Gasteiger partial charge in [0.15, 0.2) is 0 Å². The van der Waals surface area contributed by atoms with Gasteiger partial charge in [0, 0.05) is 18.1 Å². The predicted molar refractivity (Wildman–Crippen MR) is 64.8 cm³/mol. The summed E-state index contributed by atoms with van der Waals surface area (Å²) in [6, 6.07) is -0.154. The van der Waals surface area contributed by atoms with Gasteiger partial charge in [-0.2, -0.15) is 13.2 Å². The number of halogens is 3. The zero-order valence-electron chi connectivity index (χ0n) is 11.7. The first-order chi connectivity index (χ1) is 7.26. The predicted octanol–water partition coefficient (Wildman–Crippen LogP) is 3.02.